The number of carbonyl (C=O) groups is 2. The maximum Gasteiger partial charge on any atom is 0.360 e. The van der Waals surface area contributed by atoms with Crippen LogP contribution in [0.25, 0.3) is 0 Å². The van der Waals surface area contributed by atoms with Gasteiger partial charge in [0.1, 0.15) is 17.4 Å². The Morgan fingerprint density at radius 2 is 1.78 bits per heavy atom. The molecule has 3 rings (SSSR count). The Labute approximate surface area is 213 Å². The number of hydrogen-bond donors (Lipinski definition) is 2. The van der Waals surface area contributed by atoms with Crippen LogP contribution in [0.15, 0.2) is 64.1 Å². The molecule has 1 aliphatic rings. The Kier molecular flexibility index (Phi) is 9.43. The third kappa shape index (κ3) is 7.03. The second kappa shape index (κ2) is 12.3. The van der Waals surface area contributed by atoms with Crippen molar-refractivity contribution in [1.29, 1.82) is 0 Å². The van der Waals surface area contributed by atoms with Crippen LogP contribution >= 0.6 is 11.9 Å². The van der Waals surface area contributed by atoms with Gasteiger partial charge >= 0.3 is 11.9 Å². The number of rotatable bonds is 11. The average molecular weight is 538 g/mol. The Morgan fingerprint density at radius 1 is 1.14 bits per heavy atom. The van der Waals surface area contributed by atoms with Gasteiger partial charge in [-0.15, -0.1) is 9.97 Å². The fraction of sp³-hybridized carbons (Fsp3) is 0.391. The van der Waals surface area contributed by atoms with Gasteiger partial charge in [-0.05, 0) is 50.5 Å². The average Bonchev–Trinajstić information content (AvgIpc) is 2.86. The molecule has 2 aromatic carbocycles. The summed E-state index contributed by atoms with van der Waals surface area (Å²) >= 11 is 0.725. The third-order valence-corrected chi connectivity index (χ3v) is 8.22. The maximum atomic E-state index is 12.9. The van der Waals surface area contributed by atoms with E-state index in [1.165, 1.54) is 29.3 Å². The summed E-state index contributed by atoms with van der Waals surface area (Å²) in [6.07, 6.45) is 0.469. The minimum Gasteiger partial charge on any atom is -0.507 e. The number of hydroxylamine groups is 2. The minimum absolute atomic E-state index is 0.0102. The van der Waals surface area contributed by atoms with Crippen molar-refractivity contribution in [3.8, 4) is 5.75 Å². The summed E-state index contributed by atoms with van der Waals surface area (Å²) < 4.78 is 35.4. The summed E-state index contributed by atoms with van der Waals surface area (Å²) in [6.45, 7) is 2.05. The van der Waals surface area contributed by atoms with Crippen molar-refractivity contribution in [2.24, 2.45) is 4.58 Å². The zero-order valence-corrected chi connectivity index (χ0v) is 21.2. The molecule has 0 spiro atoms. The Bertz CT molecular complexity index is 1170. The first kappa shape index (κ1) is 27.6. The number of sulfonamides is 1. The summed E-state index contributed by atoms with van der Waals surface area (Å²) in [4.78, 5) is 41.8. The van der Waals surface area contributed by atoms with E-state index in [0.29, 0.717) is 0 Å². The van der Waals surface area contributed by atoms with Crippen molar-refractivity contribution >= 4 is 33.9 Å². The van der Waals surface area contributed by atoms with E-state index in [9.17, 15) is 28.0 Å². The van der Waals surface area contributed by atoms with Gasteiger partial charge in [0.05, 0.1) is 11.5 Å². The van der Waals surface area contributed by atoms with E-state index in [-0.39, 0.29) is 55.2 Å². The van der Waals surface area contributed by atoms with E-state index >= 15 is 0 Å². The van der Waals surface area contributed by atoms with Gasteiger partial charge in [-0.2, -0.15) is 4.72 Å². The van der Waals surface area contributed by atoms with Gasteiger partial charge in [-0.25, -0.2) is 13.2 Å². The molecular formula is C23H27N3O8S2. The number of hydrogen-bond acceptors (Lipinski definition) is 11. The van der Waals surface area contributed by atoms with Crippen LogP contribution < -0.4 is 4.72 Å². The monoisotopic (exact) mass is 537 g/mol. The van der Waals surface area contributed by atoms with E-state index in [4.69, 9.17) is 9.57 Å². The van der Waals surface area contributed by atoms with Crippen LogP contribution in [0.4, 0.5) is 0 Å². The first-order valence-electron chi connectivity index (χ1n) is 11.2. The molecule has 36 heavy (non-hydrogen) atoms. The normalized spacial score (nSPS) is 16.6. The van der Waals surface area contributed by atoms with Crippen molar-refractivity contribution in [2.75, 3.05) is 19.7 Å². The second-order valence-electron chi connectivity index (χ2n) is 8.12. The summed E-state index contributed by atoms with van der Waals surface area (Å²) in [5, 5.41) is 11.3. The van der Waals surface area contributed by atoms with E-state index in [1.54, 1.807) is 37.3 Å². The number of nitrogens with one attached hydrogen (secondary N) is 1. The van der Waals surface area contributed by atoms with Crippen molar-refractivity contribution < 1.29 is 32.7 Å². The molecule has 0 aromatic heterocycles. The maximum absolute atomic E-state index is 12.9. The number of benzene rings is 2. The molecule has 2 aromatic rings. The van der Waals surface area contributed by atoms with Gasteiger partial charge in [0.15, 0.2) is 0 Å². The first-order valence-corrected chi connectivity index (χ1v) is 13.5. The number of para-hydroxylation sites is 1. The van der Waals surface area contributed by atoms with Crippen LogP contribution in [0.2, 0.25) is 0 Å². The largest absolute Gasteiger partial charge is 0.507 e. The first-order chi connectivity index (χ1) is 17.2. The molecule has 0 saturated carbocycles. The standard InChI is InChI=1S/C23H27N3O8S2/c1-2-33-22(29)19(24-36(31,32)17-8-4-3-5-9-17)16-23(35-25-30)12-14-26(15-13-23)34-21(28)18-10-6-7-11-20(18)27/h3-11,19,24,27H,2,12-16H2,1H3. The molecule has 2 N–H and O–H groups in total. The Balaban J connectivity index is 1.73. The Morgan fingerprint density at radius 3 is 2.39 bits per heavy atom. The molecule has 1 saturated heterocycles. The molecule has 0 bridgehead atoms. The SMILES string of the molecule is CCOC(=O)C(CC1(SN=O)CCN(OC(=O)c2ccccc2O)CC1)NS(=O)(=O)c1ccccc1. The summed E-state index contributed by atoms with van der Waals surface area (Å²) in [5.74, 6) is -1.71. The fourth-order valence-electron chi connectivity index (χ4n) is 3.85. The number of phenolic OH excluding ortho intramolecular Hbond substituents is 1. The number of nitroso groups, excluding NO2 is 1. The molecule has 1 heterocycles. The van der Waals surface area contributed by atoms with E-state index < -0.39 is 32.8 Å². The van der Waals surface area contributed by atoms with Crippen LogP contribution in [-0.2, 0) is 24.4 Å². The molecule has 0 radical (unpaired) electrons. The van der Waals surface area contributed by atoms with Crippen molar-refractivity contribution in [1.82, 2.24) is 9.79 Å². The number of phenols is 1. The van der Waals surface area contributed by atoms with Gasteiger partial charge in [-0.3, -0.25) is 4.79 Å². The zero-order valence-electron chi connectivity index (χ0n) is 19.5. The lowest BCUT2D eigenvalue weighted by Crippen LogP contribution is -2.50. The highest BCUT2D eigenvalue weighted by atomic mass is 32.2. The van der Waals surface area contributed by atoms with Crippen molar-refractivity contribution in [3.63, 3.8) is 0 Å². The van der Waals surface area contributed by atoms with Crippen LogP contribution in [0, 0.1) is 4.91 Å². The lowest BCUT2D eigenvalue weighted by molar-refractivity contribution is -0.146. The topological polar surface area (TPSA) is 152 Å². The van der Waals surface area contributed by atoms with E-state index in [2.05, 4.69) is 9.30 Å². The van der Waals surface area contributed by atoms with Crippen LogP contribution in [0.3, 0.4) is 0 Å². The number of piperidine rings is 1. The molecule has 1 unspecified atom stereocenters. The number of carbonyl (C=O) groups excluding carboxylic acids is 2. The second-order valence-corrected chi connectivity index (χ2v) is 11.0. The number of aromatic hydroxyl groups is 1. The summed E-state index contributed by atoms with van der Waals surface area (Å²) in [6, 6.07) is 12.3. The third-order valence-electron chi connectivity index (χ3n) is 5.70. The van der Waals surface area contributed by atoms with E-state index in [0.717, 1.165) is 11.9 Å². The zero-order chi connectivity index (χ0) is 26.2. The molecule has 13 heteroatoms. The fourth-order valence-corrected chi connectivity index (χ4v) is 5.82. The van der Waals surface area contributed by atoms with Crippen LogP contribution in [0.5, 0.6) is 5.75 Å². The van der Waals surface area contributed by atoms with Crippen LogP contribution in [0.1, 0.15) is 36.5 Å². The lowest BCUT2D eigenvalue weighted by Gasteiger charge is -2.39. The Hall–Kier alpha value is -3.00. The summed E-state index contributed by atoms with van der Waals surface area (Å²) in [5.41, 5.74) is 0.0102. The molecule has 1 fully saturated rings. The van der Waals surface area contributed by atoms with Gasteiger partial charge < -0.3 is 14.7 Å². The molecule has 0 amide bonds. The van der Waals surface area contributed by atoms with Gasteiger partial charge in [0.25, 0.3) is 0 Å². The lowest BCUT2D eigenvalue weighted by atomic mass is 9.90. The van der Waals surface area contributed by atoms with E-state index in [1.807, 2.05) is 0 Å². The molecule has 1 atom stereocenters. The van der Waals surface area contributed by atoms with Crippen molar-refractivity contribution in [2.45, 2.75) is 41.9 Å². The molecular weight excluding hydrogens is 510 g/mol. The molecule has 1 aliphatic heterocycles. The minimum atomic E-state index is -4.05. The smallest absolute Gasteiger partial charge is 0.360 e. The predicted molar refractivity (Wildman–Crippen MR) is 132 cm³/mol. The molecule has 11 nitrogen and oxygen atoms in total. The van der Waals surface area contributed by atoms with Gasteiger partial charge in [0.2, 0.25) is 10.0 Å². The number of ether oxygens (including phenoxy) is 1. The molecule has 194 valence electrons. The highest BCUT2D eigenvalue weighted by Crippen LogP contribution is 2.41. The quantitative estimate of drug-likeness (QED) is 0.249. The van der Waals surface area contributed by atoms with Gasteiger partial charge in [0, 0.05) is 34.4 Å². The molecule has 0 aliphatic carbocycles. The number of esters is 1. The number of nitrogens with zero attached hydrogens (tertiary/aromatic N) is 2. The highest BCUT2D eigenvalue weighted by molar-refractivity contribution is 7.99. The summed E-state index contributed by atoms with van der Waals surface area (Å²) in [7, 11) is -4.05. The highest BCUT2D eigenvalue weighted by Gasteiger charge is 2.43. The van der Waals surface area contributed by atoms with Crippen LogP contribution in [-0.4, -0.2) is 61.0 Å². The predicted octanol–water partition coefficient (Wildman–Crippen LogP) is 3.01. The van der Waals surface area contributed by atoms with Crippen molar-refractivity contribution in [3.05, 3.63) is 65.1 Å². The van der Waals surface area contributed by atoms with Gasteiger partial charge in [-0.1, -0.05) is 30.3 Å².